The van der Waals surface area contributed by atoms with E-state index < -0.39 is 97.5 Å². The van der Waals surface area contributed by atoms with Crippen LogP contribution < -0.4 is 0 Å². The fraction of sp³-hybridized carbons (Fsp3) is 0.797. The third-order valence-electron chi connectivity index (χ3n) is 16.7. The molecule has 0 aromatic carbocycles. The Morgan fingerprint density at radius 1 is 0.296 bits per heavy atom. The highest BCUT2D eigenvalue weighted by Gasteiger charge is 2.30. The van der Waals surface area contributed by atoms with Crippen molar-refractivity contribution >= 4 is 39.5 Å². The molecule has 0 aliphatic heterocycles. The summed E-state index contributed by atoms with van der Waals surface area (Å²) in [5.41, 5.74) is 0. The molecule has 5 unspecified atom stereocenters. The lowest BCUT2D eigenvalue weighted by Crippen LogP contribution is -2.30. The predicted molar refractivity (Wildman–Crippen MR) is 400 cm³/mol. The van der Waals surface area contributed by atoms with Gasteiger partial charge in [0.05, 0.1) is 26.4 Å². The van der Waals surface area contributed by atoms with E-state index in [1.807, 2.05) is 0 Å². The number of rotatable bonds is 74. The van der Waals surface area contributed by atoms with Crippen LogP contribution in [0.2, 0.25) is 0 Å². The zero-order chi connectivity index (χ0) is 71.8. The summed E-state index contributed by atoms with van der Waals surface area (Å²) in [6.07, 6.45) is 71.7. The third-order valence-corrected chi connectivity index (χ3v) is 18.6. The Bertz CT molecular complexity index is 2140. The Morgan fingerprint density at radius 2 is 0.551 bits per heavy atom. The van der Waals surface area contributed by atoms with E-state index in [0.717, 1.165) is 161 Å². The number of aliphatic hydroxyl groups excluding tert-OH is 1. The van der Waals surface area contributed by atoms with Crippen molar-refractivity contribution in [3.8, 4) is 0 Å². The molecule has 0 aromatic rings. The summed E-state index contributed by atoms with van der Waals surface area (Å²) in [6, 6.07) is 0. The second kappa shape index (κ2) is 71.9. The molecule has 0 fully saturated rings. The largest absolute Gasteiger partial charge is 0.472 e. The van der Waals surface area contributed by atoms with Crippen molar-refractivity contribution in [1.29, 1.82) is 0 Å². The Hall–Kier alpha value is -3.50. The predicted octanol–water partition coefficient (Wildman–Crippen LogP) is 22.4. The number of phosphoric acid groups is 2. The molecule has 5 atom stereocenters. The van der Waals surface area contributed by atoms with E-state index in [2.05, 4.69) is 101 Å². The molecule has 0 bridgehead atoms. The number of phosphoric ester groups is 2. The zero-order valence-electron chi connectivity index (χ0n) is 62.2. The summed E-state index contributed by atoms with van der Waals surface area (Å²) in [5.74, 6) is -2.18. The van der Waals surface area contributed by atoms with Gasteiger partial charge in [-0.25, -0.2) is 9.13 Å². The molecule has 0 saturated carbocycles. The van der Waals surface area contributed by atoms with Gasteiger partial charge in [-0.15, -0.1) is 0 Å². The van der Waals surface area contributed by atoms with Crippen LogP contribution in [0.1, 0.15) is 349 Å². The van der Waals surface area contributed by atoms with E-state index in [0.29, 0.717) is 25.7 Å². The van der Waals surface area contributed by atoms with E-state index in [4.69, 9.17) is 37.0 Å². The van der Waals surface area contributed by atoms with Gasteiger partial charge in [-0.05, 0) is 89.9 Å². The summed E-state index contributed by atoms with van der Waals surface area (Å²) in [4.78, 5) is 72.8. The molecule has 570 valence electrons. The monoisotopic (exact) mass is 1420 g/mol. The summed E-state index contributed by atoms with van der Waals surface area (Å²) < 4.78 is 68.5. The molecule has 19 heteroatoms. The molecule has 0 saturated heterocycles. The van der Waals surface area contributed by atoms with Crippen molar-refractivity contribution in [2.24, 2.45) is 0 Å². The SMILES string of the molecule is CC/C=C\C/C=C\C/C=C\C/C=C\CCCCCCCCC(=O)OCC(COP(=O)(O)OCC(O)COP(=O)(O)OCC(COC(=O)CCCCCCCCCCCCCCCCC)OC(=O)CCCCCCC/C=C\C/C=C\CCC)OC(=O)CCCCCCCCCCCCC. The van der Waals surface area contributed by atoms with Crippen molar-refractivity contribution < 1.29 is 80.2 Å². The minimum Gasteiger partial charge on any atom is -0.462 e. The van der Waals surface area contributed by atoms with Crippen molar-refractivity contribution in [3.63, 3.8) is 0 Å². The molecular formula is C79H142O17P2. The second-order valence-electron chi connectivity index (χ2n) is 26.3. The number of hydrogen-bond donors (Lipinski definition) is 3. The molecule has 0 rings (SSSR count). The number of hydrogen-bond acceptors (Lipinski definition) is 15. The van der Waals surface area contributed by atoms with Gasteiger partial charge in [-0.2, -0.15) is 0 Å². The van der Waals surface area contributed by atoms with Gasteiger partial charge in [-0.1, -0.05) is 306 Å². The highest BCUT2D eigenvalue weighted by atomic mass is 31.2. The van der Waals surface area contributed by atoms with E-state index >= 15 is 0 Å². The summed E-state index contributed by atoms with van der Waals surface area (Å²) >= 11 is 0. The molecule has 0 radical (unpaired) electrons. The molecule has 98 heavy (non-hydrogen) atoms. The second-order valence-corrected chi connectivity index (χ2v) is 29.2. The number of ether oxygens (including phenoxy) is 4. The lowest BCUT2D eigenvalue weighted by Gasteiger charge is -2.21. The molecule has 0 amide bonds. The van der Waals surface area contributed by atoms with E-state index in [-0.39, 0.29) is 25.7 Å². The van der Waals surface area contributed by atoms with Crippen LogP contribution in [-0.2, 0) is 65.4 Å². The van der Waals surface area contributed by atoms with Crippen LogP contribution in [0.5, 0.6) is 0 Å². The number of carbonyl (C=O) groups excluding carboxylic acids is 4. The normalized spacial score (nSPS) is 14.3. The maximum absolute atomic E-state index is 13.1. The molecule has 0 spiro atoms. The first-order chi connectivity index (χ1) is 47.7. The van der Waals surface area contributed by atoms with Crippen molar-refractivity contribution in [2.45, 2.75) is 367 Å². The molecule has 0 heterocycles. The van der Waals surface area contributed by atoms with Crippen LogP contribution in [0.15, 0.2) is 72.9 Å². The van der Waals surface area contributed by atoms with Gasteiger partial charge >= 0.3 is 39.5 Å². The first-order valence-electron chi connectivity index (χ1n) is 39.2. The molecule has 17 nitrogen and oxygen atoms in total. The van der Waals surface area contributed by atoms with E-state index in [1.54, 1.807) is 0 Å². The first kappa shape index (κ1) is 94.5. The smallest absolute Gasteiger partial charge is 0.462 e. The lowest BCUT2D eigenvalue weighted by molar-refractivity contribution is -0.161. The van der Waals surface area contributed by atoms with Crippen molar-refractivity contribution in [1.82, 2.24) is 0 Å². The van der Waals surface area contributed by atoms with Gasteiger partial charge < -0.3 is 33.8 Å². The van der Waals surface area contributed by atoms with Crippen LogP contribution in [0, 0.1) is 0 Å². The van der Waals surface area contributed by atoms with Crippen molar-refractivity contribution in [3.05, 3.63) is 72.9 Å². The van der Waals surface area contributed by atoms with Gasteiger partial charge in [0.2, 0.25) is 0 Å². The van der Waals surface area contributed by atoms with Crippen molar-refractivity contribution in [2.75, 3.05) is 39.6 Å². The summed E-state index contributed by atoms with van der Waals surface area (Å²) in [5, 5.41) is 10.6. The van der Waals surface area contributed by atoms with Gasteiger partial charge in [0.1, 0.15) is 19.3 Å². The Kier molecular flexibility index (Phi) is 69.3. The number of aliphatic hydroxyl groups is 1. The minimum absolute atomic E-state index is 0.0834. The molecule has 0 aliphatic rings. The molecule has 0 aromatic heterocycles. The highest BCUT2D eigenvalue weighted by Crippen LogP contribution is 2.45. The average Bonchev–Trinajstić information content (AvgIpc) is 1.00. The van der Waals surface area contributed by atoms with E-state index in [1.165, 1.54) is 109 Å². The Balaban J connectivity index is 5.28. The lowest BCUT2D eigenvalue weighted by atomic mass is 10.0. The minimum atomic E-state index is -4.97. The number of allylic oxidation sites excluding steroid dienone is 12. The van der Waals surface area contributed by atoms with E-state index in [9.17, 15) is 43.2 Å². The van der Waals surface area contributed by atoms with Crippen LogP contribution in [0.3, 0.4) is 0 Å². The number of unbranched alkanes of at least 4 members (excludes halogenated alkanes) is 36. The summed E-state index contributed by atoms with van der Waals surface area (Å²) in [7, 11) is -9.94. The van der Waals surface area contributed by atoms with Gasteiger partial charge in [0.25, 0.3) is 0 Å². The van der Waals surface area contributed by atoms with Crippen LogP contribution in [-0.4, -0.2) is 96.7 Å². The fourth-order valence-corrected chi connectivity index (χ4v) is 12.3. The Labute approximate surface area is 596 Å². The standard InChI is InChI=1S/C79H142O17P2/c1-5-9-13-17-21-25-29-32-34-35-36-37-39-42-45-48-52-56-60-64-77(82)89-69-74(95-78(83)65-61-57-53-49-43-28-24-20-16-12-8-4)71-93-97(85,86)91-67-73(80)68-92-98(87,88)94-72-75(96-79(84)66-62-58-54-50-46-40-31-27-23-19-15-11-7-3)70-90-76(81)63-59-55-51-47-44-41-38-33-30-26-22-18-14-10-6-2/h9,13,15,19,21,25,27,31-32,34,36-37,73-75,80H,5-8,10-12,14,16-18,20,22-24,26,28-30,33,35,38-72H2,1-4H3,(H,85,86)(H,87,88)/b13-9-,19-15-,25-21-,31-27-,34-32-,37-36-. The first-order valence-corrected chi connectivity index (χ1v) is 42.2. The summed E-state index contributed by atoms with van der Waals surface area (Å²) in [6.45, 7) is 4.71. The van der Waals surface area contributed by atoms with Gasteiger partial charge in [-0.3, -0.25) is 37.3 Å². The average molecular weight is 1430 g/mol. The number of carbonyl (C=O) groups is 4. The Morgan fingerprint density at radius 3 is 0.857 bits per heavy atom. The quantitative estimate of drug-likeness (QED) is 0.0169. The molecule has 0 aliphatic carbocycles. The number of esters is 4. The third kappa shape index (κ3) is 70.9. The van der Waals surface area contributed by atoms with Crippen LogP contribution >= 0.6 is 15.6 Å². The zero-order valence-corrected chi connectivity index (χ0v) is 64.0. The molecular weight excluding hydrogens is 1280 g/mol. The maximum Gasteiger partial charge on any atom is 0.472 e. The highest BCUT2D eigenvalue weighted by molar-refractivity contribution is 7.47. The van der Waals surface area contributed by atoms with Gasteiger partial charge in [0, 0.05) is 25.7 Å². The van der Waals surface area contributed by atoms with Crippen LogP contribution in [0.4, 0.5) is 0 Å². The van der Waals surface area contributed by atoms with Crippen LogP contribution in [0.25, 0.3) is 0 Å². The maximum atomic E-state index is 13.1. The van der Waals surface area contributed by atoms with Gasteiger partial charge in [0.15, 0.2) is 12.2 Å². The molecule has 3 N–H and O–H groups in total. The fourth-order valence-electron chi connectivity index (χ4n) is 10.7. The topological polar surface area (TPSA) is 237 Å².